The number of nitrogens with zero attached hydrogens (tertiary/aromatic N) is 2. The van der Waals surface area contributed by atoms with Gasteiger partial charge in [-0.2, -0.15) is 0 Å². The van der Waals surface area contributed by atoms with E-state index in [1.807, 2.05) is 60.2 Å². The molecule has 0 spiro atoms. The number of hydrogen-bond acceptors (Lipinski definition) is 4. The minimum Gasteiger partial charge on any atom is -0.455 e. The van der Waals surface area contributed by atoms with Crippen LogP contribution in [0.15, 0.2) is 84.1 Å². The maximum Gasteiger partial charge on any atom is 0.228 e. The summed E-state index contributed by atoms with van der Waals surface area (Å²) in [4.78, 5) is 18.2. The standard InChI is InChI=1S/C26H24ClN3O2S/c1-3-33-23-10-7-19(8-11-23)13-26(31)29-21-9-12-24(30-16-18(2)28-17-30)25(15-21)32-22-6-4-5-20(27)14-22/h4-12,14-17H,3,13H2,1-2H3,(H,29,31). The van der Waals surface area contributed by atoms with Crippen LogP contribution in [0.4, 0.5) is 5.69 Å². The highest BCUT2D eigenvalue weighted by atomic mass is 35.5. The number of aryl methyl sites for hydroxylation is 1. The van der Waals surface area contributed by atoms with E-state index < -0.39 is 0 Å². The first-order chi connectivity index (χ1) is 16.0. The summed E-state index contributed by atoms with van der Waals surface area (Å²) < 4.78 is 8.03. The van der Waals surface area contributed by atoms with Crippen LogP contribution >= 0.6 is 23.4 Å². The summed E-state index contributed by atoms with van der Waals surface area (Å²) >= 11 is 7.90. The van der Waals surface area contributed by atoms with Crippen LogP contribution in [-0.4, -0.2) is 21.2 Å². The SMILES string of the molecule is CCSc1ccc(CC(=O)Nc2ccc(-n3cnc(C)c3)c(Oc3cccc(Cl)c3)c2)cc1. The fraction of sp³-hybridized carbons (Fsp3) is 0.154. The Balaban J connectivity index is 1.55. The molecule has 0 fully saturated rings. The molecular weight excluding hydrogens is 454 g/mol. The molecule has 168 valence electrons. The fourth-order valence-electron chi connectivity index (χ4n) is 3.36. The maximum absolute atomic E-state index is 12.7. The molecule has 0 aliphatic rings. The molecule has 1 aromatic heterocycles. The van der Waals surface area contributed by atoms with Crippen LogP contribution in [0.5, 0.6) is 11.5 Å². The van der Waals surface area contributed by atoms with Crippen molar-refractivity contribution in [2.75, 3.05) is 11.1 Å². The molecule has 0 saturated carbocycles. The Kier molecular flexibility index (Phi) is 7.37. The molecule has 5 nitrogen and oxygen atoms in total. The van der Waals surface area contributed by atoms with Gasteiger partial charge in [0.15, 0.2) is 5.75 Å². The van der Waals surface area contributed by atoms with Gasteiger partial charge in [-0.3, -0.25) is 4.79 Å². The fourth-order valence-corrected chi connectivity index (χ4v) is 4.20. The normalized spacial score (nSPS) is 10.8. The van der Waals surface area contributed by atoms with Crippen LogP contribution in [0.2, 0.25) is 5.02 Å². The topological polar surface area (TPSA) is 56.2 Å². The Morgan fingerprint density at radius 1 is 1.12 bits per heavy atom. The zero-order valence-electron chi connectivity index (χ0n) is 18.4. The van der Waals surface area contributed by atoms with E-state index >= 15 is 0 Å². The van der Waals surface area contributed by atoms with Gasteiger partial charge in [0.25, 0.3) is 0 Å². The van der Waals surface area contributed by atoms with Gasteiger partial charge < -0.3 is 14.6 Å². The number of thioether (sulfide) groups is 1. The van der Waals surface area contributed by atoms with E-state index in [9.17, 15) is 4.79 Å². The number of benzene rings is 3. The van der Waals surface area contributed by atoms with Gasteiger partial charge in [-0.05, 0) is 60.7 Å². The van der Waals surface area contributed by atoms with Crippen molar-refractivity contribution in [3.63, 3.8) is 0 Å². The smallest absolute Gasteiger partial charge is 0.228 e. The van der Waals surface area contributed by atoms with Gasteiger partial charge in [-0.1, -0.05) is 36.7 Å². The molecule has 1 heterocycles. The minimum atomic E-state index is -0.0918. The van der Waals surface area contributed by atoms with E-state index in [1.54, 1.807) is 30.2 Å². The van der Waals surface area contributed by atoms with E-state index in [0.717, 1.165) is 22.7 Å². The predicted octanol–water partition coefficient (Wildman–Crippen LogP) is 6.92. The highest BCUT2D eigenvalue weighted by Crippen LogP contribution is 2.32. The van der Waals surface area contributed by atoms with Crippen molar-refractivity contribution in [1.29, 1.82) is 0 Å². The van der Waals surface area contributed by atoms with Gasteiger partial charge in [0, 0.05) is 27.9 Å². The molecule has 3 aromatic carbocycles. The van der Waals surface area contributed by atoms with Crippen molar-refractivity contribution in [1.82, 2.24) is 9.55 Å². The van der Waals surface area contributed by atoms with Crippen molar-refractivity contribution < 1.29 is 9.53 Å². The van der Waals surface area contributed by atoms with Gasteiger partial charge in [0.1, 0.15) is 5.75 Å². The third-order valence-electron chi connectivity index (χ3n) is 4.86. The Labute approximate surface area is 202 Å². The van der Waals surface area contributed by atoms with Crippen molar-refractivity contribution in [3.8, 4) is 17.2 Å². The Morgan fingerprint density at radius 2 is 1.94 bits per heavy atom. The Bertz CT molecular complexity index is 1250. The molecule has 0 unspecified atom stereocenters. The zero-order valence-corrected chi connectivity index (χ0v) is 20.0. The molecule has 0 saturated heterocycles. The van der Waals surface area contributed by atoms with E-state index in [4.69, 9.17) is 16.3 Å². The minimum absolute atomic E-state index is 0.0918. The molecule has 0 atom stereocenters. The molecule has 1 N–H and O–H groups in total. The molecule has 0 bridgehead atoms. The number of rotatable bonds is 8. The van der Waals surface area contributed by atoms with Gasteiger partial charge in [0.05, 0.1) is 24.1 Å². The molecule has 7 heteroatoms. The average molecular weight is 478 g/mol. The molecular formula is C26H24ClN3O2S. The van der Waals surface area contributed by atoms with Gasteiger partial charge >= 0.3 is 0 Å². The molecule has 0 radical (unpaired) electrons. The maximum atomic E-state index is 12.7. The van der Waals surface area contributed by atoms with Crippen molar-refractivity contribution in [2.24, 2.45) is 0 Å². The molecule has 33 heavy (non-hydrogen) atoms. The number of imidazole rings is 1. The summed E-state index contributed by atoms with van der Waals surface area (Å²) in [5, 5.41) is 3.56. The Morgan fingerprint density at radius 3 is 2.64 bits per heavy atom. The van der Waals surface area contributed by atoms with Crippen LogP contribution < -0.4 is 10.1 Å². The molecule has 4 aromatic rings. The number of aromatic nitrogens is 2. The monoisotopic (exact) mass is 477 g/mol. The summed E-state index contributed by atoms with van der Waals surface area (Å²) in [5.74, 6) is 2.11. The summed E-state index contributed by atoms with van der Waals surface area (Å²) in [6.45, 7) is 4.05. The number of amides is 1. The van der Waals surface area contributed by atoms with Crippen LogP contribution in [0.25, 0.3) is 5.69 Å². The summed E-state index contributed by atoms with van der Waals surface area (Å²) in [6.07, 6.45) is 3.94. The lowest BCUT2D eigenvalue weighted by atomic mass is 10.1. The van der Waals surface area contributed by atoms with Crippen molar-refractivity contribution in [2.45, 2.75) is 25.2 Å². The van der Waals surface area contributed by atoms with Gasteiger partial charge in [-0.25, -0.2) is 4.98 Å². The lowest BCUT2D eigenvalue weighted by Crippen LogP contribution is -2.14. The number of ether oxygens (including phenoxy) is 1. The van der Waals surface area contributed by atoms with Crippen LogP contribution in [-0.2, 0) is 11.2 Å². The second kappa shape index (κ2) is 10.6. The quantitative estimate of drug-likeness (QED) is 0.280. The van der Waals surface area contributed by atoms with E-state index in [-0.39, 0.29) is 5.91 Å². The predicted molar refractivity (Wildman–Crippen MR) is 135 cm³/mol. The molecule has 1 amide bonds. The largest absolute Gasteiger partial charge is 0.455 e. The van der Waals surface area contributed by atoms with E-state index in [0.29, 0.717) is 28.6 Å². The zero-order chi connectivity index (χ0) is 23.2. The Hall–Kier alpha value is -3.22. The lowest BCUT2D eigenvalue weighted by molar-refractivity contribution is -0.115. The lowest BCUT2D eigenvalue weighted by Gasteiger charge is -2.14. The number of hydrogen-bond donors (Lipinski definition) is 1. The second-order valence-corrected chi connectivity index (χ2v) is 9.24. The van der Waals surface area contributed by atoms with E-state index in [1.165, 1.54) is 4.90 Å². The summed E-state index contributed by atoms with van der Waals surface area (Å²) in [6, 6.07) is 20.9. The first kappa shape index (κ1) is 23.0. The number of carbonyl (C=O) groups is 1. The molecule has 0 aliphatic carbocycles. The van der Waals surface area contributed by atoms with Gasteiger partial charge in [0.2, 0.25) is 5.91 Å². The second-order valence-electron chi connectivity index (χ2n) is 7.47. The molecule has 4 rings (SSSR count). The third kappa shape index (κ3) is 6.18. The first-order valence-corrected chi connectivity index (χ1v) is 12.0. The number of carbonyl (C=O) groups excluding carboxylic acids is 1. The van der Waals surface area contributed by atoms with Gasteiger partial charge in [-0.15, -0.1) is 11.8 Å². The third-order valence-corrected chi connectivity index (χ3v) is 5.99. The van der Waals surface area contributed by atoms with Crippen molar-refractivity contribution >= 4 is 35.0 Å². The number of halogens is 1. The summed E-state index contributed by atoms with van der Waals surface area (Å²) in [5.41, 5.74) is 3.31. The van der Waals surface area contributed by atoms with Crippen LogP contribution in [0.1, 0.15) is 18.2 Å². The first-order valence-electron chi connectivity index (χ1n) is 10.6. The van der Waals surface area contributed by atoms with Crippen molar-refractivity contribution in [3.05, 3.63) is 95.5 Å². The highest BCUT2D eigenvalue weighted by molar-refractivity contribution is 7.99. The van der Waals surface area contributed by atoms with E-state index in [2.05, 4.69) is 29.4 Å². The number of anilines is 1. The highest BCUT2D eigenvalue weighted by Gasteiger charge is 2.12. The number of nitrogens with one attached hydrogen (secondary N) is 1. The van der Waals surface area contributed by atoms with Crippen LogP contribution in [0.3, 0.4) is 0 Å². The average Bonchev–Trinajstić information content (AvgIpc) is 3.21. The molecule has 0 aliphatic heterocycles. The van der Waals surface area contributed by atoms with Crippen LogP contribution in [0, 0.1) is 6.92 Å². The summed E-state index contributed by atoms with van der Waals surface area (Å²) in [7, 11) is 0.